The zero-order valence-electron chi connectivity index (χ0n) is 12.3. The molecule has 4 heteroatoms. The molecule has 0 radical (unpaired) electrons. The van der Waals surface area contributed by atoms with Gasteiger partial charge in [0.15, 0.2) is 0 Å². The minimum Gasteiger partial charge on any atom is -0.491 e. The summed E-state index contributed by atoms with van der Waals surface area (Å²) in [6.07, 6.45) is 2.73. The third-order valence-electron chi connectivity index (χ3n) is 3.23. The molecule has 4 nitrogen and oxygen atoms in total. The van der Waals surface area contributed by atoms with Gasteiger partial charge in [0, 0.05) is 12.1 Å². The lowest BCUT2D eigenvalue weighted by atomic mass is 10.2. The average molecular weight is 276 g/mol. The van der Waals surface area contributed by atoms with Gasteiger partial charge in [-0.05, 0) is 45.2 Å². The Morgan fingerprint density at radius 1 is 1.35 bits per heavy atom. The van der Waals surface area contributed by atoms with E-state index in [-0.39, 0.29) is 12.0 Å². The first-order valence-electron chi connectivity index (χ1n) is 7.37. The molecular formula is C16H24N2O2. The van der Waals surface area contributed by atoms with Gasteiger partial charge in [0.1, 0.15) is 5.75 Å². The molecule has 0 aromatic heterocycles. The Morgan fingerprint density at radius 2 is 2.10 bits per heavy atom. The quantitative estimate of drug-likeness (QED) is 0.764. The number of nitrogens with one attached hydrogen (secondary N) is 2. The van der Waals surface area contributed by atoms with Crippen LogP contribution in [-0.2, 0) is 11.3 Å². The maximum absolute atomic E-state index is 11.7. The Bertz CT molecular complexity index is 442. The predicted octanol–water partition coefficient (Wildman–Crippen LogP) is 2.09. The van der Waals surface area contributed by atoms with Crippen LogP contribution in [0.15, 0.2) is 24.3 Å². The van der Waals surface area contributed by atoms with Crippen LogP contribution in [0.1, 0.15) is 32.3 Å². The largest absolute Gasteiger partial charge is 0.491 e. The minimum absolute atomic E-state index is 0.0324. The number of carbonyl (C=O) groups is 1. The van der Waals surface area contributed by atoms with Gasteiger partial charge >= 0.3 is 0 Å². The number of hydrogen-bond donors (Lipinski definition) is 2. The summed E-state index contributed by atoms with van der Waals surface area (Å²) >= 11 is 0. The Morgan fingerprint density at radius 3 is 2.80 bits per heavy atom. The molecule has 20 heavy (non-hydrogen) atoms. The summed E-state index contributed by atoms with van der Waals surface area (Å²) in [7, 11) is 0. The maximum Gasteiger partial charge on any atom is 0.234 e. The lowest BCUT2D eigenvalue weighted by molar-refractivity contribution is -0.120. The number of rotatable bonds is 8. The summed E-state index contributed by atoms with van der Waals surface area (Å²) in [6.45, 7) is 5.85. The number of benzene rings is 1. The molecule has 0 aliphatic heterocycles. The fraction of sp³-hybridized carbons (Fsp3) is 0.562. The normalized spacial score (nSPS) is 14.3. The van der Waals surface area contributed by atoms with Gasteiger partial charge < -0.3 is 15.4 Å². The Hall–Kier alpha value is -1.55. The van der Waals surface area contributed by atoms with E-state index < -0.39 is 0 Å². The predicted molar refractivity (Wildman–Crippen MR) is 79.6 cm³/mol. The number of ether oxygens (including phenoxy) is 1. The van der Waals surface area contributed by atoms with Crippen LogP contribution in [0.3, 0.4) is 0 Å². The number of carbonyl (C=O) groups excluding carboxylic acids is 1. The summed E-state index contributed by atoms with van der Waals surface area (Å²) in [5.41, 5.74) is 1.01. The summed E-state index contributed by atoms with van der Waals surface area (Å²) < 4.78 is 5.73. The fourth-order valence-electron chi connectivity index (χ4n) is 1.99. The van der Waals surface area contributed by atoms with Gasteiger partial charge in [-0.25, -0.2) is 0 Å². The molecule has 110 valence electrons. The van der Waals surface area contributed by atoms with E-state index in [1.807, 2.05) is 38.1 Å². The molecule has 0 atom stereocenters. The van der Waals surface area contributed by atoms with Gasteiger partial charge in [0.25, 0.3) is 0 Å². The molecule has 1 saturated carbocycles. The van der Waals surface area contributed by atoms with E-state index in [0.29, 0.717) is 13.1 Å². The molecule has 1 fully saturated rings. The molecule has 0 bridgehead atoms. The van der Waals surface area contributed by atoms with Crippen LogP contribution in [-0.4, -0.2) is 25.1 Å². The first-order valence-corrected chi connectivity index (χ1v) is 7.37. The lowest BCUT2D eigenvalue weighted by Crippen LogP contribution is -2.34. The Labute approximate surface area is 120 Å². The average Bonchev–Trinajstić information content (AvgIpc) is 3.21. The molecule has 1 amide bonds. The van der Waals surface area contributed by atoms with Crippen molar-refractivity contribution < 1.29 is 9.53 Å². The van der Waals surface area contributed by atoms with Crippen LogP contribution in [0.2, 0.25) is 0 Å². The monoisotopic (exact) mass is 276 g/mol. The van der Waals surface area contributed by atoms with E-state index in [0.717, 1.165) is 23.8 Å². The van der Waals surface area contributed by atoms with Crippen LogP contribution in [0, 0.1) is 5.92 Å². The molecule has 0 spiro atoms. The van der Waals surface area contributed by atoms with Crippen molar-refractivity contribution in [2.24, 2.45) is 5.92 Å². The number of para-hydroxylation sites is 1. The first kappa shape index (κ1) is 14.9. The maximum atomic E-state index is 11.7. The van der Waals surface area contributed by atoms with Crippen molar-refractivity contribution in [2.75, 3.05) is 13.1 Å². The second-order valence-corrected chi connectivity index (χ2v) is 5.63. The van der Waals surface area contributed by atoms with E-state index in [1.54, 1.807) is 0 Å². The summed E-state index contributed by atoms with van der Waals surface area (Å²) in [5.74, 6) is 1.67. The van der Waals surface area contributed by atoms with E-state index in [4.69, 9.17) is 4.74 Å². The third kappa shape index (κ3) is 5.21. The lowest BCUT2D eigenvalue weighted by Gasteiger charge is -2.14. The highest BCUT2D eigenvalue weighted by Crippen LogP contribution is 2.27. The van der Waals surface area contributed by atoms with Gasteiger partial charge in [-0.1, -0.05) is 18.2 Å². The Kier molecular flexibility index (Phi) is 5.41. The van der Waals surface area contributed by atoms with Crippen molar-refractivity contribution in [3.8, 4) is 5.75 Å². The van der Waals surface area contributed by atoms with Crippen molar-refractivity contribution in [1.29, 1.82) is 0 Å². The van der Waals surface area contributed by atoms with Gasteiger partial charge in [0.05, 0.1) is 12.6 Å². The molecule has 0 unspecified atom stereocenters. The Balaban J connectivity index is 1.75. The smallest absolute Gasteiger partial charge is 0.234 e. The summed E-state index contributed by atoms with van der Waals surface area (Å²) in [6, 6.07) is 7.82. The summed E-state index contributed by atoms with van der Waals surface area (Å²) in [4.78, 5) is 11.7. The van der Waals surface area contributed by atoms with Crippen molar-refractivity contribution >= 4 is 5.91 Å². The van der Waals surface area contributed by atoms with Crippen LogP contribution < -0.4 is 15.4 Å². The highest BCUT2D eigenvalue weighted by molar-refractivity contribution is 5.78. The molecule has 0 heterocycles. The second kappa shape index (κ2) is 7.29. The number of hydrogen-bond acceptors (Lipinski definition) is 3. The molecule has 1 aliphatic carbocycles. The van der Waals surface area contributed by atoms with E-state index in [1.165, 1.54) is 12.8 Å². The van der Waals surface area contributed by atoms with E-state index in [2.05, 4.69) is 10.6 Å². The van der Waals surface area contributed by atoms with Crippen LogP contribution in [0.5, 0.6) is 5.75 Å². The molecular weight excluding hydrogens is 252 g/mol. The molecule has 1 aromatic rings. The third-order valence-corrected chi connectivity index (χ3v) is 3.23. The van der Waals surface area contributed by atoms with Gasteiger partial charge in [-0.2, -0.15) is 0 Å². The second-order valence-electron chi connectivity index (χ2n) is 5.63. The van der Waals surface area contributed by atoms with Crippen LogP contribution in [0.4, 0.5) is 0 Å². The van der Waals surface area contributed by atoms with Crippen LogP contribution in [0.25, 0.3) is 0 Å². The minimum atomic E-state index is 0.0324. The molecule has 2 N–H and O–H groups in total. The summed E-state index contributed by atoms with van der Waals surface area (Å²) in [5, 5.41) is 6.11. The van der Waals surface area contributed by atoms with Crippen molar-refractivity contribution in [3.63, 3.8) is 0 Å². The number of amides is 1. The van der Waals surface area contributed by atoms with Crippen LogP contribution >= 0.6 is 0 Å². The first-order chi connectivity index (χ1) is 9.65. The van der Waals surface area contributed by atoms with Gasteiger partial charge in [-0.3, -0.25) is 4.79 Å². The molecule has 1 aliphatic rings. The van der Waals surface area contributed by atoms with Crippen molar-refractivity contribution in [1.82, 2.24) is 10.6 Å². The molecule has 1 aromatic carbocycles. The highest BCUT2D eigenvalue weighted by atomic mass is 16.5. The van der Waals surface area contributed by atoms with Gasteiger partial charge in [0.2, 0.25) is 5.91 Å². The topological polar surface area (TPSA) is 50.4 Å². The SMILES string of the molecule is CC(C)Oc1ccccc1CNC(=O)CNCC1CC1. The molecule has 2 rings (SSSR count). The zero-order valence-corrected chi connectivity index (χ0v) is 12.3. The highest BCUT2D eigenvalue weighted by Gasteiger charge is 2.20. The standard InChI is InChI=1S/C16H24N2O2/c1-12(2)20-15-6-4-3-5-14(15)10-18-16(19)11-17-9-13-7-8-13/h3-6,12-13,17H,7-11H2,1-2H3,(H,18,19). The van der Waals surface area contributed by atoms with E-state index in [9.17, 15) is 4.79 Å². The van der Waals surface area contributed by atoms with Gasteiger partial charge in [-0.15, -0.1) is 0 Å². The van der Waals surface area contributed by atoms with Crippen molar-refractivity contribution in [2.45, 2.75) is 39.3 Å². The van der Waals surface area contributed by atoms with Crippen molar-refractivity contribution in [3.05, 3.63) is 29.8 Å². The van der Waals surface area contributed by atoms with E-state index >= 15 is 0 Å². The molecule has 0 saturated heterocycles. The zero-order chi connectivity index (χ0) is 14.4. The fourth-order valence-corrected chi connectivity index (χ4v) is 1.99.